The molecule has 36 heavy (non-hydrogen) atoms. The number of benzene rings is 1. The number of aromatic amines is 2. The molecule has 2 amide bonds. The molecular weight excluding hydrogens is 472 g/mol. The van der Waals surface area contributed by atoms with Crippen LogP contribution in [0.1, 0.15) is 28.9 Å². The van der Waals surface area contributed by atoms with Crippen LogP contribution in [0.4, 0.5) is 8.78 Å². The average molecular weight is 495 g/mol. The van der Waals surface area contributed by atoms with Crippen LogP contribution in [0, 0.1) is 17.7 Å². The average Bonchev–Trinajstić information content (AvgIpc) is 3.54. The van der Waals surface area contributed by atoms with Crippen molar-refractivity contribution in [1.29, 1.82) is 0 Å². The summed E-state index contributed by atoms with van der Waals surface area (Å²) in [6.07, 6.45) is 2.04. The van der Waals surface area contributed by atoms with Gasteiger partial charge in [-0.15, -0.1) is 0 Å². The Kier molecular flexibility index (Phi) is 6.32. The van der Waals surface area contributed by atoms with Gasteiger partial charge in [-0.3, -0.25) is 19.8 Å². The number of ether oxygens (including phenoxy) is 1. The quantitative estimate of drug-likeness (QED) is 0.377. The van der Waals surface area contributed by atoms with E-state index in [0.717, 1.165) is 11.8 Å². The molecule has 1 saturated heterocycles. The predicted octanol–water partition coefficient (Wildman–Crippen LogP) is 2.80. The Morgan fingerprint density at radius 2 is 1.94 bits per heavy atom. The van der Waals surface area contributed by atoms with Gasteiger partial charge in [0.1, 0.15) is 5.69 Å². The lowest BCUT2D eigenvalue weighted by Crippen LogP contribution is -2.43. The minimum atomic E-state index is -0.581. The van der Waals surface area contributed by atoms with Crippen LogP contribution in [0.5, 0.6) is 5.88 Å². The summed E-state index contributed by atoms with van der Waals surface area (Å²) in [4.78, 5) is 31.0. The van der Waals surface area contributed by atoms with Gasteiger partial charge < -0.3 is 15.0 Å². The van der Waals surface area contributed by atoms with E-state index in [1.165, 1.54) is 19.2 Å². The summed E-state index contributed by atoms with van der Waals surface area (Å²) in [6, 6.07) is 8.03. The second kappa shape index (κ2) is 9.72. The lowest BCUT2D eigenvalue weighted by Gasteiger charge is -2.31. The van der Waals surface area contributed by atoms with Gasteiger partial charge in [0.15, 0.2) is 5.82 Å². The fourth-order valence-corrected chi connectivity index (χ4v) is 4.28. The number of pyridine rings is 1. The van der Waals surface area contributed by atoms with Crippen LogP contribution in [-0.2, 0) is 11.3 Å². The van der Waals surface area contributed by atoms with Crippen LogP contribution in [-0.4, -0.2) is 62.3 Å². The van der Waals surface area contributed by atoms with Gasteiger partial charge in [-0.25, -0.2) is 9.37 Å². The number of carbonyl (C=O) groups is 2. The number of halogens is 2. The highest BCUT2D eigenvalue weighted by molar-refractivity contribution is 5.93. The van der Waals surface area contributed by atoms with Crippen molar-refractivity contribution in [2.24, 2.45) is 5.92 Å². The number of hydrogen-bond donors (Lipinski definition) is 3. The number of H-pyrrole nitrogens is 2. The second-order valence-electron chi connectivity index (χ2n) is 8.55. The maximum absolute atomic E-state index is 14.2. The second-order valence-corrected chi connectivity index (χ2v) is 8.55. The van der Waals surface area contributed by atoms with Crippen LogP contribution in [0.15, 0.2) is 36.5 Å². The third kappa shape index (κ3) is 4.61. The summed E-state index contributed by atoms with van der Waals surface area (Å²) in [5, 5.41) is 16.2. The molecule has 4 aromatic rings. The summed E-state index contributed by atoms with van der Waals surface area (Å²) in [5.41, 5.74) is 1.95. The van der Waals surface area contributed by atoms with E-state index in [9.17, 15) is 18.4 Å². The van der Waals surface area contributed by atoms with E-state index in [1.54, 1.807) is 23.1 Å². The molecule has 10 nitrogen and oxygen atoms in total. The number of carbonyl (C=O) groups excluding carboxylic acids is 2. The molecule has 0 radical (unpaired) electrons. The van der Waals surface area contributed by atoms with Crippen LogP contribution in [0.3, 0.4) is 0 Å². The van der Waals surface area contributed by atoms with Gasteiger partial charge in [-0.2, -0.15) is 14.6 Å². The molecule has 0 saturated carbocycles. The van der Waals surface area contributed by atoms with Crippen LogP contribution >= 0.6 is 0 Å². The Morgan fingerprint density at radius 3 is 2.72 bits per heavy atom. The molecule has 0 atom stereocenters. The van der Waals surface area contributed by atoms with Crippen molar-refractivity contribution in [2.75, 3.05) is 20.2 Å². The molecule has 0 spiro atoms. The minimum absolute atomic E-state index is 0.110. The summed E-state index contributed by atoms with van der Waals surface area (Å²) >= 11 is 0. The van der Waals surface area contributed by atoms with Crippen LogP contribution in [0.25, 0.3) is 22.2 Å². The van der Waals surface area contributed by atoms with Gasteiger partial charge in [-0.1, -0.05) is 6.07 Å². The smallest absolute Gasteiger partial charge is 0.271 e. The highest BCUT2D eigenvalue weighted by atomic mass is 19.1. The van der Waals surface area contributed by atoms with E-state index in [2.05, 4.69) is 30.7 Å². The van der Waals surface area contributed by atoms with Crippen LogP contribution in [0.2, 0.25) is 0 Å². The number of rotatable bonds is 6. The van der Waals surface area contributed by atoms with Gasteiger partial charge in [-0.05, 0) is 36.6 Å². The molecule has 1 aliphatic rings. The first kappa shape index (κ1) is 23.4. The van der Waals surface area contributed by atoms with Crippen molar-refractivity contribution in [3.8, 4) is 17.1 Å². The third-order valence-corrected chi connectivity index (χ3v) is 6.32. The first-order chi connectivity index (χ1) is 17.4. The Hall–Kier alpha value is -4.35. The molecule has 1 aliphatic heterocycles. The number of piperidine rings is 1. The summed E-state index contributed by atoms with van der Waals surface area (Å²) in [5.74, 6) is -1.48. The van der Waals surface area contributed by atoms with E-state index in [0.29, 0.717) is 36.8 Å². The summed E-state index contributed by atoms with van der Waals surface area (Å²) in [7, 11) is 1.43. The monoisotopic (exact) mass is 495 g/mol. The molecule has 0 aliphatic carbocycles. The zero-order chi connectivity index (χ0) is 25.2. The molecule has 3 N–H and O–H groups in total. The third-order valence-electron chi connectivity index (χ3n) is 6.32. The maximum atomic E-state index is 14.2. The molecule has 4 heterocycles. The SMILES string of the molecule is COc1cc(-c2cc(C(=O)N3CCC(C(=O)NCc4ccc5n[nH]c(F)c5c4)CC3)[nH]n2)c(F)cn1. The van der Waals surface area contributed by atoms with Crippen molar-refractivity contribution in [3.05, 3.63) is 59.6 Å². The molecular formula is C24H23F2N7O3. The number of amides is 2. The Balaban J connectivity index is 1.16. The first-order valence-electron chi connectivity index (χ1n) is 11.4. The van der Waals surface area contributed by atoms with Crippen molar-refractivity contribution < 1.29 is 23.1 Å². The van der Waals surface area contributed by atoms with Crippen molar-refractivity contribution in [1.82, 2.24) is 35.6 Å². The fourth-order valence-electron chi connectivity index (χ4n) is 4.28. The first-order valence-corrected chi connectivity index (χ1v) is 11.4. The van der Waals surface area contributed by atoms with Gasteiger partial charge in [0.25, 0.3) is 5.91 Å². The van der Waals surface area contributed by atoms with Gasteiger partial charge in [0.2, 0.25) is 17.7 Å². The standard InChI is InChI=1S/C24H23F2N7O3/c1-36-21-9-15(17(25)12-27-21)19-10-20(31-30-19)24(35)33-6-4-14(5-7-33)23(34)28-11-13-2-3-18-16(8-13)22(26)32-29-18/h2-3,8-10,12,14H,4-7,11H2,1H3,(H,28,34)(H,29,32)(H,30,31). The topological polar surface area (TPSA) is 129 Å². The maximum Gasteiger partial charge on any atom is 0.271 e. The summed E-state index contributed by atoms with van der Waals surface area (Å²) in [6.45, 7) is 1.07. The lowest BCUT2D eigenvalue weighted by atomic mass is 9.95. The van der Waals surface area contributed by atoms with Crippen molar-refractivity contribution >= 4 is 22.7 Å². The normalized spacial score (nSPS) is 14.2. The molecule has 186 valence electrons. The largest absolute Gasteiger partial charge is 0.481 e. The van der Waals surface area contributed by atoms with Crippen LogP contribution < -0.4 is 10.1 Å². The molecule has 5 rings (SSSR count). The van der Waals surface area contributed by atoms with E-state index in [4.69, 9.17) is 4.74 Å². The van der Waals surface area contributed by atoms with Gasteiger partial charge >= 0.3 is 0 Å². The summed E-state index contributed by atoms with van der Waals surface area (Å²) < 4.78 is 32.9. The van der Waals surface area contributed by atoms with E-state index in [1.807, 2.05) is 0 Å². The number of nitrogens with zero attached hydrogens (tertiary/aromatic N) is 4. The van der Waals surface area contributed by atoms with E-state index < -0.39 is 11.8 Å². The zero-order valence-corrected chi connectivity index (χ0v) is 19.3. The molecule has 1 aromatic carbocycles. The molecule has 0 bridgehead atoms. The molecule has 1 fully saturated rings. The van der Waals surface area contributed by atoms with E-state index >= 15 is 0 Å². The highest BCUT2D eigenvalue weighted by Gasteiger charge is 2.29. The predicted molar refractivity (Wildman–Crippen MR) is 125 cm³/mol. The van der Waals surface area contributed by atoms with E-state index in [-0.39, 0.29) is 47.1 Å². The Bertz CT molecular complexity index is 1430. The zero-order valence-electron chi connectivity index (χ0n) is 19.3. The Morgan fingerprint density at radius 1 is 1.14 bits per heavy atom. The van der Waals surface area contributed by atoms with Gasteiger partial charge in [0, 0.05) is 37.2 Å². The van der Waals surface area contributed by atoms with Gasteiger partial charge in [0.05, 0.1) is 29.9 Å². The number of likely N-dealkylation sites (tertiary alicyclic amines) is 1. The number of fused-ring (bicyclic) bond motifs is 1. The number of methoxy groups -OCH3 is 1. The number of nitrogens with one attached hydrogen (secondary N) is 3. The Labute approximate surface area is 204 Å². The number of aromatic nitrogens is 5. The minimum Gasteiger partial charge on any atom is -0.481 e. The fraction of sp³-hybridized carbons (Fsp3) is 0.292. The van der Waals surface area contributed by atoms with Crippen molar-refractivity contribution in [3.63, 3.8) is 0 Å². The molecule has 12 heteroatoms. The molecule has 3 aromatic heterocycles. The number of hydrogen-bond acceptors (Lipinski definition) is 6. The van der Waals surface area contributed by atoms with Crippen molar-refractivity contribution in [2.45, 2.75) is 19.4 Å². The highest BCUT2D eigenvalue weighted by Crippen LogP contribution is 2.26. The molecule has 0 unspecified atom stereocenters. The lowest BCUT2D eigenvalue weighted by molar-refractivity contribution is -0.126.